The monoisotopic (exact) mass is 138 g/mol. The summed E-state index contributed by atoms with van der Waals surface area (Å²) in [6.07, 6.45) is 6.70. The van der Waals surface area contributed by atoms with Gasteiger partial charge in [0.2, 0.25) is 0 Å². The Morgan fingerprint density at radius 3 is 2.50 bits per heavy atom. The van der Waals surface area contributed by atoms with Crippen LogP contribution >= 0.6 is 0 Å². The van der Waals surface area contributed by atoms with Crippen LogP contribution in [0.25, 0.3) is 0 Å². The fourth-order valence-electron chi connectivity index (χ4n) is 1.90. The first-order chi connectivity index (χ1) is 4.97. The molecule has 1 heteroatoms. The summed E-state index contributed by atoms with van der Waals surface area (Å²) in [6, 6.07) is 0. The van der Waals surface area contributed by atoms with Crippen molar-refractivity contribution in [1.29, 1.82) is 0 Å². The molecule has 10 heavy (non-hydrogen) atoms. The fourth-order valence-corrected chi connectivity index (χ4v) is 1.90. The Labute approximate surface area is 62.1 Å². The van der Waals surface area contributed by atoms with Crippen molar-refractivity contribution in [3.05, 3.63) is 11.1 Å². The Morgan fingerprint density at radius 2 is 1.70 bits per heavy atom. The molecule has 0 fully saturated rings. The van der Waals surface area contributed by atoms with E-state index in [2.05, 4.69) is 0 Å². The summed E-state index contributed by atoms with van der Waals surface area (Å²) in [7, 11) is 0. The molecule has 1 nitrogen and oxygen atoms in total. The van der Waals surface area contributed by atoms with Crippen molar-refractivity contribution in [2.24, 2.45) is 0 Å². The van der Waals surface area contributed by atoms with E-state index in [-0.39, 0.29) is 0 Å². The van der Waals surface area contributed by atoms with Crippen LogP contribution in [0.5, 0.6) is 0 Å². The highest BCUT2D eigenvalue weighted by Crippen LogP contribution is 2.29. The number of rotatable bonds is 0. The van der Waals surface area contributed by atoms with E-state index in [9.17, 15) is 0 Å². The molecule has 0 aromatic heterocycles. The van der Waals surface area contributed by atoms with Crippen molar-refractivity contribution in [1.82, 2.24) is 0 Å². The Hall–Kier alpha value is -0.300. The van der Waals surface area contributed by atoms with Crippen molar-refractivity contribution in [3.63, 3.8) is 0 Å². The third-order valence-corrected chi connectivity index (χ3v) is 2.53. The first-order valence-corrected chi connectivity index (χ1v) is 4.24. The van der Waals surface area contributed by atoms with Crippen LogP contribution in [0.4, 0.5) is 0 Å². The average Bonchev–Trinajstić information content (AvgIpc) is 2.05. The van der Waals surface area contributed by atoms with Crippen LogP contribution in [0.2, 0.25) is 0 Å². The van der Waals surface area contributed by atoms with E-state index < -0.39 is 0 Å². The van der Waals surface area contributed by atoms with E-state index in [1.807, 2.05) is 0 Å². The zero-order valence-corrected chi connectivity index (χ0v) is 6.36. The fraction of sp³-hybridized carbons (Fsp3) is 0.778. The Kier molecular flexibility index (Phi) is 1.76. The van der Waals surface area contributed by atoms with Crippen LogP contribution in [0.1, 0.15) is 32.1 Å². The maximum absolute atomic E-state index is 5.38. The number of hydrogen-bond acceptors (Lipinski definition) is 1. The van der Waals surface area contributed by atoms with Crippen molar-refractivity contribution in [2.45, 2.75) is 32.1 Å². The third kappa shape index (κ3) is 1.10. The molecule has 1 heterocycles. The van der Waals surface area contributed by atoms with Gasteiger partial charge < -0.3 is 4.74 Å². The molecule has 0 spiro atoms. The van der Waals surface area contributed by atoms with Gasteiger partial charge in [0.05, 0.1) is 13.2 Å². The molecule has 2 aliphatic rings. The number of ether oxygens (including phenoxy) is 1. The largest absolute Gasteiger partial charge is 0.377 e. The molecule has 0 saturated heterocycles. The molecule has 0 aromatic carbocycles. The zero-order valence-electron chi connectivity index (χ0n) is 6.36. The van der Waals surface area contributed by atoms with E-state index in [0.717, 1.165) is 13.2 Å². The second-order valence-corrected chi connectivity index (χ2v) is 3.22. The topological polar surface area (TPSA) is 9.23 Å². The standard InChI is InChI=1S/C9H14O/c1-2-4-9-7-10-6-5-8(9)3-1/h1-7H2. The lowest BCUT2D eigenvalue weighted by Crippen LogP contribution is -2.14. The first kappa shape index (κ1) is 6.41. The van der Waals surface area contributed by atoms with Gasteiger partial charge in [-0.15, -0.1) is 0 Å². The highest BCUT2D eigenvalue weighted by Gasteiger charge is 2.15. The van der Waals surface area contributed by atoms with Gasteiger partial charge in [-0.2, -0.15) is 0 Å². The Bertz CT molecular complexity index is 124. The minimum atomic E-state index is 0.940. The number of hydrogen-bond donors (Lipinski definition) is 0. The van der Waals surface area contributed by atoms with Crippen molar-refractivity contribution < 1.29 is 4.74 Å². The van der Waals surface area contributed by atoms with Crippen LogP contribution in [0, 0.1) is 0 Å². The molecule has 0 bridgehead atoms. The molecule has 0 unspecified atom stereocenters. The highest BCUT2D eigenvalue weighted by molar-refractivity contribution is 5.19. The summed E-state index contributed by atoms with van der Waals surface area (Å²) in [6.45, 7) is 1.91. The van der Waals surface area contributed by atoms with E-state index >= 15 is 0 Å². The summed E-state index contributed by atoms with van der Waals surface area (Å²) in [4.78, 5) is 0. The molecule has 56 valence electrons. The van der Waals surface area contributed by atoms with Crippen LogP contribution < -0.4 is 0 Å². The molecular formula is C9H14O. The van der Waals surface area contributed by atoms with Crippen LogP contribution in [-0.4, -0.2) is 13.2 Å². The smallest absolute Gasteiger partial charge is 0.0679 e. The van der Waals surface area contributed by atoms with Crippen molar-refractivity contribution >= 4 is 0 Å². The SMILES string of the molecule is C1CCC2=C(C1)CCOC2. The molecular weight excluding hydrogens is 124 g/mol. The summed E-state index contributed by atoms with van der Waals surface area (Å²) in [5, 5.41) is 0. The first-order valence-electron chi connectivity index (χ1n) is 4.24. The molecule has 2 rings (SSSR count). The Morgan fingerprint density at radius 1 is 0.900 bits per heavy atom. The van der Waals surface area contributed by atoms with E-state index in [1.165, 1.54) is 32.1 Å². The summed E-state index contributed by atoms with van der Waals surface area (Å²) < 4.78 is 5.38. The molecule has 0 amide bonds. The summed E-state index contributed by atoms with van der Waals surface area (Å²) in [5.74, 6) is 0. The van der Waals surface area contributed by atoms with Gasteiger partial charge in [0.15, 0.2) is 0 Å². The molecule has 0 atom stereocenters. The van der Waals surface area contributed by atoms with Gasteiger partial charge in [0.25, 0.3) is 0 Å². The lowest BCUT2D eigenvalue weighted by Gasteiger charge is -2.24. The van der Waals surface area contributed by atoms with Gasteiger partial charge in [-0.25, -0.2) is 0 Å². The normalized spacial score (nSPS) is 26.4. The zero-order chi connectivity index (χ0) is 6.81. The quantitative estimate of drug-likeness (QED) is 0.466. The lowest BCUT2D eigenvalue weighted by molar-refractivity contribution is 0.139. The van der Waals surface area contributed by atoms with Gasteiger partial charge in [-0.1, -0.05) is 5.57 Å². The van der Waals surface area contributed by atoms with Gasteiger partial charge in [0, 0.05) is 0 Å². The van der Waals surface area contributed by atoms with Crippen LogP contribution in [0.3, 0.4) is 0 Å². The molecule has 1 aliphatic carbocycles. The lowest BCUT2D eigenvalue weighted by atomic mass is 9.89. The average molecular weight is 138 g/mol. The van der Waals surface area contributed by atoms with E-state index in [1.54, 1.807) is 11.1 Å². The highest BCUT2D eigenvalue weighted by atomic mass is 16.5. The maximum Gasteiger partial charge on any atom is 0.0679 e. The van der Waals surface area contributed by atoms with Crippen molar-refractivity contribution in [3.8, 4) is 0 Å². The summed E-state index contributed by atoms with van der Waals surface area (Å²) in [5.41, 5.74) is 3.34. The van der Waals surface area contributed by atoms with Gasteiger partial charge >= 0.3 is 0 Å². The van der Waals surface area contributed by atoms with Crippen LogP contribution in [0.15, 0.2) is 11.1 Å². The Balaban J connectivity index is 2.14. The van der Waals surface area contributed by atoms with E-state index in [0.29, 0.717) is 0 Å². The second-order valence-electron chi connectivity index (χ2n) is 3.22. The van der Waals surface area contributed by atoms with Gasteiger partial charge in [-0.05, 0) is 37.7 Å². The molecule has 0 radical (unpaired) electrons. The maximum atomic E-state index is 5.38. The predicted molar refractivity (Wildman–Crippen MR) is 40.9 cm³/mol. The van der Waals surface area contributed by atoms with E-state index in [4.69, 9.17) is 4.74 Å². The minimum Gasteiger partial charge on any atom is -0.377 e. The molecule has 1 aliphatic heterocycles. The minimum absolute atomic E-state index is 0.940. The molecule has 0 saturated carbocycles. The molecule has 0 N–H and O–H groups in total. The van der Waals surface area contributed by atoms with Gasteiger partial charge in [-0.3, -0.25) is 0 Å². The molecule has 0 aromatic rings. The second kappa shape index (κ2) is 2.75. The van der Waals surface area contributed by atoms with Gasteiger partial charge in [0.1, 0.15) is 0 Å². The third-order valence-electron chi connectivity index (χ3n) is 2.53. The van der Waals surface area contributed by atoms with Crippen molar-refractivity contribution in [2.75, 3.05) is 13.2 Å². The predicted octanol–water partition coefficient (Wildman–Crippen LogP) is 2.28. The summed E-state index contributed by atoms with van der Waals surface area (Å²) >= 11 is 0. The van der Waals surface area contributed by atoms with Crippen LogP contribution in [-0.2, 0) is 4.74 Å².